The first kappa shape index (κ1) is 22.3. The maximum Gasteiger partial charge on any atom is 0.416 e. The molecule has 0 saturated carbocycles. The number of alkyl halides is 3. The minimum Gasteiger partial charge on any atom is -0.249 e. The van der Waals surface area contributed by atoms with Crippen molar-refractivity contribution < 1.29 is 13.2 Å². The van der Waals surface area contributed by atoms with E-state index in [-0.39, 0.29) is 0 Å². The van der Waals surface area contributed by atoms with Crippen LogP contribution in [-0.2, 0) is 12.6 Å². The van der Waals surface area contributed by atoms with E-state index in [9.17, 15) is 13.2 Å². The summed E-state index contributed by atoms with van der Waals surface area (Å²) in [7, 11) is 0. The Balaban J connectivity index is 1.84. The van der Waals surface area contributed by atoms with E-state index in [0.717, 1.165) is 53.7 Å². The Bertz CT molecular complexity index is 963. The van der Waals surface area contributed by atoms with Crippen molar-refractivity contribution in [2.75, 3.05) is 0 Å². The molecule has 0 N–H and O–H groups in total. The minimum absolute atomic E-state index is 0.649. The fourth-order valence-corrected chi connectivity index (χ4v) is 3.67. The number of nitrogens with zero attached hydrogens (tertiary/aromatic N) is 2. The summed E-state index contributed by atoms with van der Waals surface area (Å²) in [5, 5.41) is 0. The van der Waals surface area contributed by atoms with Crippen LogP contribution in [0.2, 0.25) is 0 Å². The van der Waals surface area contributed by atoms with Crippen LogP contribution in [-0.4, -0.2) is 9.97 Å². The summed E-state index contributed by atoms with van der Waals surface area (Å²) in [6.45, 7) is 4.23. The van der Waals surface area contributed by atoms with E-state index in [2.05, 4.69) is 6.92 Å². The highest BCUT2D eigenvalue weighted by molar-refractivity contribution is 5.79. The fraction of sp³-hybridized carbons (Fsp3) is 0.440. The van der Waals surface area contributed by atoms with Crippen LogP contribution in [0.4, 0.5) is 13.2 Å². The second-order valence-electron chi connectivity index (χ2n) is 7.96. The van der Waals surface area contributed by atoms with E-state index in [0.29, 0.717) is 11.3 Å². The van der Waals surface area contributed by atoms with E-state index in [1.165, 1.54) is 44.2 Å². The zero-order valence-electron chi connectivity index (χ0n) is 17.7. The Morgan fingerprint density at radius 1 is 0.767 bits per heavy atom. The Kier molecular flexibility index (Phi) is 7.46. The second-order valence-corrected chi connectivity index (χ2v) is 7.96. The molecule has 0 aliphatic heterocycles. The highest BCUT2D eigenvalue weighted by atomic mass is 19.4. The van der Waals surface area contributed by atoms with Crippen LogP contribution in [0.1, 0.15) is 68.7 Å². The number of unbranched alkanes of at least 4 members (excludes halogenated alkanes) is 6. The molecule has 1 heterocycles. The quantitative estimate of drug-likeness (QED) is 0.332. The van der Waals surface area contributed by atoms with E-state index in [1.807, 2.05) is 25.1 Å². The number of rotatable bonds is 9. The highest BCUT2D eigenvalue weighted by Gasteiger charge is 2.30. The molecule has 0 fully saturated rings. The van der Waals surface area contributed by atoms with Crippen molar-refractivity contribution >= 4 is 11.0 Å². The molecule has 1 aromatic heterocycles. The average Bonchev–Trinajstić information content (AvgIpc) is 2.72. The van der Waals surface area contributed by atoms with Gasteiger partial charge in [0, 0.05) is 5.56 Å². The molecule has 3 aromatic rings. The van der Waals surface area contributed by atoms with Crippen molar-refractivity contribution in [1.29, 1.82) is 0 Å². The van der Waals surface area contributed by atoms with Crippen LogP contribution >= 0.6 is 0 Å². The highest BCUT2D eigenvalue weighted by Crippen LogP contribution is 2.32. The Hall–Kier alpha value is -2.43. The first-order valence-electron chi connectivity index (χ1n) is 10.8. The lowest BCUT2D eigenvalue weighted by Crippen LogP contribution is -2.05. The van der Waals surface area contributed by atoms with E-state index >= 15 is 0 Å². The van der Waals surface area contributed by atoms with Gasteiger partial charge >= 0.3 is 6.18 Å². The maximum atomic E-state index is 12.9. The predicted octanol–water partition coefficient (Wildman–Crippen LogP) is 7.92. The summed E-state index contributed by atoms with van der Waals surface area (Å²) in [4.78, 5) is 9.62. The molecule has 0 spiro atoms. The number of benzene rings is 2. The molecule has 0 aliphatic rings. The largest absolute Gasteiger partial charge is 0.416 e. The van der Waals surface area contributed by atoms with Crippen molar-refractivity contribution in [3.63, 3.8) is 0 Å². The van der Waals surface area contributed by atoms with E-state index < -0.39 is 11.7 Å². The summed E-state index contributed by atoms with van der Waals surface area (Å²) in [5.41, 5.74) is 4.29. The lowest BCUT2D eigenvalue weighted by atomic mass is 10.0. The lowest BCUT2D eigenvalue weighted by Gasteiger charge is -2.12. The molecular formula is C25H29F3N2. The number of hydrogen-bond acceptors (Lipinski definition) is 2. The van der Waals surface area contributed by atoms with Gasteiger partial charge in [-0.05, 0) is 49.6 Å². The van der Waals surface area contributed by atoms with Gasteiger partial charge in [0.15, 0.2) is 0 Å². The zero-order valence-corrected chi connectivity index (χ0v) is 17.7. The molecule has 2 nitrogen and oxygen atoms in total. The van der Waals surface area contributed by atoms with Crippen molar-refractivity contribution in [2.24, 2.45) is 0 Å². The van der Waals surface area contributed by atoms with Crippen molar-refractivity contribution in [1.82, 2.24) is 9.97 Å². The molecule has 0 atom stereocenters. The number of fused-ring (bicyclic) bond motifs is 1. The van der Waals surface area contributed by atoms with Gasteiger partial charge in [-0.1, -0.05) is 63.6 Å². The van der Waals surface area contributed by atoms with Gasteiger partial charge in [0.05, 0.1) is 28.0 Å². The molecule has 2 aromatic carbocycles. The van der Waals surface area contributed by atoms with Gasteiger partial charge < -0.3 is 0 Å². The van der Waals surface area contributed by atoms with Crippen LogP contribution in [0, 0.1) is 6.92 Å². The summed E-state index contributed by atoms with van der Waals surface area (Å²) in [6.07, 6.45) is 4.83. The molecule has 0 saturated heterocycles. The van der Waals surface area contributed by atoms with Gasteiger partial charge in [-0.2, -0.15) is 13.2 Å². The summed E-state index contributed by atoms with van der Waals surface area (Å²) < 4.78 is 38.8. The van der Waals surface area contributed by atoms with Crippen molar-refractivity contribution in [3.05, 3.63) is 59.3 Å². The number of aryl methyl sites for hydroxylation is 2. The topological polar surface area (TPSA) is 25.8 Å². The Labute approximate surface area is 176 Å². The third kappa shape index (κ3) is 5.80. The van der Waals surface area contributed by atoms with E-state index in [1.54, 1.807) is 0 Å². The maximum absolute atomic E-state index is 12.9. The van der Waals surface area contributed by atoms with Crippen LogP contribution in [0.15, 0.2) is 42.5 Å². The SMILES string of the molecule is CCCCCCCCCc1nc2cc(C)ccc2nc1-c1ccc(C(F)(F)F)cc1. The average molecular weight is 415 g/mol. The molecular weight excluding hydrogens is 385 g/mol. The number of halogens is 3. The smallest absolute Gasteiger partial charge is 0.249 e. The van der Waals surface area contributed by atoms with Crippen molar-refractivity contribution in [2.45, 2.75) is 71.4 Å². The molecule has 5 heteroatoms. The fourth-order valence-electron chi connectivity index (χ4n) is 3.67. The first-order valence-corrected chi connectivity index (χ1v) is 10.8. The summed E-state index contributed by atoms with van der Waals surface area (Å²) in [6, 6.07) is 11.1. The number of aromatic nitrogens is 2. The Morgan fingerprint density at radius 2 is 1.43 bits per heavy atom. The molecule has 160 valence electrons. The lowest BCUT2D eigenvalue weighted by molar-refractivity contribution is -0.137. The normalized spacial score (nSPS) is 11.9. The molecule has 0 bridgehead atoms. The molecule has 0 amide bonds. The third-order valence-corrected chi connectivity index (χ3v) is 5.39. The van der Waals surface area contributed by atoms with E-state index in [4.69, 9.17) is 9.97 Å². The standard InChI is InChI=1S/C25H29F3N2/c1-3-4-5-6-7-8-9-10-22-24(19-12-14-20(15-13-19)25(26,27)28)30-21-16-11-18(2)17-23(21)29-22/h11-17H,3-10H2,1-2H3. The van der Waals surface area contributed by atoms with Gasteiger partial charge in [0.1, 0.15) is 0 Å². The van der Waals surface area contributed by atoms with Gasteiger partial charge in [-0.3, -0.25) is 0 Å². The van der Waals surface area contributed by atoms with Gasteiger partial charge in [0.2, 0.25) is 0 Å². The molecule has 0 aliphatic carbocycles. The third-order valence-electron chi connectivity index (χ3n) is 5.39. The molecule has 0 unspecified atom stereocenters. The van der Waals surface area contributed by atoms with Gasteiger partial charge in [0.25, 0.3) is 0 Å². The van der Waals surface area contributed by atoms with Crippen molar-refractivity contribution in [3.8, 4) is 11.3 Å². The van der Waals surface area contributed by atoms with Crippen LogP contribution in [0.3, 0.4) is 0 Å². The first-order chi connectivity index (χ1) is 14.4. The van der Waals surface area contributed by atoms with Crippen LogP contribution in [0.25, 0.3) is 22.3 Å². The molecule has 3 rings (SSSR count). The number of hydrogen-bond donors (Lipinski definition) is 0. The predicted molar refractivity (Wildman–Crippen MR) is 116 cm³/mol. The Morgan fingerprint density at radius 3 is 2.10 bits per heavy atom. The second kappa shape index (κ2) is 10.1. The molecule has 0 radical (unpaired) electrons. The monoisotopic (exact) mass is 414 g/mol. The summed E-state index contributed by atoms with van der Waals surface area (Å²) in [5.74, 6) is 0. The molecule has 30 heavy (non-hydrogen) atoms. The zero-order chi connectivity index (χ0) is 21.6. The van der Waals surface area contributed by atoms with Crippen LogP contribution in [0.5, 0.6) is 0 Å². The van der Waals surface area contributed by atoms with Gasteiger partial charge in [-0.15, -0.1) is 0 Å². The minimum atomic E-state index is -4.34. The van der Waals surface area contributed by atoms with Crippen LogP contribution < -0.4 is 0 Å². The summed E-state index contributed by atoms with van der Waals surface area (Å²) >= 11 is 0. The van der Waals surface area contributed by atoms with Gasteiger partial charge in [-0.25, -0.2) is 9.97 Å².